The molecule has 5 nitrogen and oxygen atoms in total. The lowest BCUT2D eigenvalue weighted by Crippen LogP contribution is -2.58. The number of halogens is 1. The van der Waals surface area contributed by atoms with Crippen LogP contribution in [0.3, 0.4) is 0 Å². The van der Waals surface area contributed by atoms with Gasteiger partial charge in [-0.3, -0.25) is 4.79 Å². The molecule has 0 amide bonds. The Kier molecular flexibility index (Phi) is 9.51. The van der Waals surface area contributed by atoms with Gasteiger partial charge in [0.25, 0.3) is 0 Å². The predicted molar refractivity (Wildman–Crippen MR) is 156 cm³/mol. The second kappa shape index (κ2) is 12.5. The van der Waals surface area contributed by atoms with Crippen molar-refractivity contribution >= 4 is 5.78 Å². The Morgan fingerprint density at radius 1 is 1.10 bits per heavy atom. The topological polar surface area (TPSA) is 47.0 Å². The highest BCUT2D eigenvalue weighted by atomic mass is 19.1. The second-order valence-electron chi connectivity index (χ2n) is 13.1. The summed E-state index contributed by atoms with van der Waals surface area (Å²) < 4.78 is 14.9. The zero-order valence-electron chi connectivity index (χ0n) is 24.8. The van der Waals surface area contributed by atoms with Crippen LogP contribution in [0.2, 0.25) is 0 Å². The average Bonchev–Trinajstić information content (AvgIpc) is 3.38. The fraction of sp³-hybridized carbons (Fsp3) is 0.606. The highest BCUT2D eigenvalue weighted by Crippen LogP contribution is 2.45. The van der Waals surface area contributed by atoms with Gasteiger partial charge < -0.3 is 10.0 Å². The molecule has 4 rings (SSSR count). The summed E-state index contributed by atoms with van der Waals surface area (Å²) in [5, 5.41) is 15.2. The monoisotopic (exact) mass is 537 g/mol. The minimum absolute atomic E-state index is 0.0362. The van der Waals surface area contributed by atoms with E-state index in [2.05, 4.69) is 49.8 Å². The molecule has 0 radical (unpaired) electrons. The van der Waals surface area contributed by atoms with E-state index in [4.69, 9.17) is 0 Å². The summed E-state index contributed by atoms with van der Waals surface area (Å²) in [4.78, 5) is 16.5. The number of phenols is 1. The molecule has 214 valence electrons. The Morgan fingerprint density at radius 2 is 1.85 bits per heavy atom. The van der Waals surface area contributed by atoms with E-state index >= 15 is 0 Å². The number of rotatable bonds is 9. The molecule has 2 heterocycles. The molecule has 2 aliphatic heterocycles. The van der Waals surface area contributed by atoms with Gasteiger partial charge in [0.05, 0.1) is 0 Å². The Balaban J connectivity index is 1.75. The van der Waals surface area contributed by atoms with Crippen LogP contribution in [-0.4, -0.2) is 72.1 Å². The number of hydrazine groups is 1. The van der Waals surface area contributed by atoms with Crippen LogP contribution < -0.4 is 0 Å². The molecular formula is C33H48FN3O2. The van der Waals surface area contributed by atoms with Crippen molar-refractivity contribution in [1.82, 2.24) is 14.9 Å². The van der Waals surface area contributed by atoms with Crippen molar-refractivity contribution in [3.63, 3.8) is 0 Å². The first-order valence-electron chi connectivity index (χ1n) is 14.7. The van der Waals surface area contributed by atoms with E-state index in [-0.39, 0.29) is 40.5 Å². The SMILES string of the molecule is Cc1c(F)cccc1[C@@H]1C(CCCCN(C)C)CN(N2CCC[C@@H]2C(C)(C)C)C[C@@H]1C(=O)c1cccc(O)c1. The number of piperidine rings is 1. The number of carbonyl (C=O) groups is 1. The summed E-state index contributed by atoms with van der Waals surface area (Å²) in [5.41, 5.74) is 2.27. The molecule has 0 bridgehead atoms. The quantitative estimate of drug-likeness (QED) is 0.292. The predicted octanol–water partition coefficient (Wildman–Crippen LogP) is 6.51. The maximum atomic E-state index is 14.9. The molecule has 2 saturated heterocycles. The van der Waals surface area contributed by atoms with Crippen LogP contribution in [0.5, 0.6) is 5.75 Å². The van der Waals surface area contributed by atoms with Gasteiger partial charge in [0.15, 0.2) is 5.78 Å². The number of carbonyl (C=O) groups excluding carboxylic acids is 1. The lowest BCUT2D eigenvalue weighted by Gasteiger charge is -2.50. The van der Waals surface area contributed by atoms with Crippen LogP contribution in [0.15, 0.2) is 42.5 Å². The highest BCUT2D eigenvalue weighted by Gasteiger charge is 2.46. The van der Waals surface area contributed by atoms with Crippen molar-refractivity contribution in [1.29, 1.82) is 0 Å². The van der Waals surface area contributed by atoms with Gasteiger partial charge in [-0.15, -0.1) is 0 Å². The van der Waals surface area contributed by atoms with Gasteiger partial charge in [0.1, 0.15) is 11.6 Å². The minimum Gasteiger partial charge on any atom is -0.508 e. The number of benzene rings is 2. The number of hydrogen-bond acceptors (Lipinski definition) is 5. The van der Waals surface area contributed by atoms with E-state index in [1.54, 1.807) is 30.3 Å². The van der Waals surface area contributed by atoms with Crippen molar-refractivity contribution in [2.45, 2.75) is 71.8 Å². The molecule has 1 unspecified atom stereocenters. The van der Waals surface area contributed by atoms with Crippen LogP contribution >= 0.6 is 0 Å². The molecule has 1 N–H and O–H groups in total. The summed E-state index contributed by atoms with van der Waals surface area (Å²) in [7, 11) is 4.20. The first-order valence-corrected chi connectivity index (χ1v) is 14.7. The van der Waals surface area contributed by atoms with E-state index in [1.807, 2.05) is 13.0 Å². The number of Topliss-reactive ketones (excluding diaryl/α,β-unsaturated/α-hetero) is 1. The molecular weight excluding hydrogens is 489 g/mol. The summed E-state index contributed by atoms with van der Waals surface area (Å²) >= 11 is 0. The molecule has 0 aliphatic carbocycles. The molecule has 2 aliphatic rings. The molecule has 2 aromatic rings. The third-order valence-electron chi connectivity index (χ3n) is 8.95. The standard InChI is InChI=1S/C33H48FN3O2/c1-23-27(15-10-16-29(23)34)31-25(12-7-8-18-35(5)6)21-36(37-19-11-17-30(37)33(2,3)4)22-28(31)32(39)24-13-9-14-26(38)20-24/h9-10,13-16,20,25,28,30-31,38H,7-8,11-12,17-19,21-22H2,1-6H3/t25?,28-,30+,31-/m0/s1. The minimum atomic E-state index is -0.332. The Morgan fingerprint density at radius 3 is 2.54 bits per heavy atom. The normalized spacial score (nSPS) is 24.9. The van der Waals surface area contributed by atoms with Crippen LogP contribution in [0.4, 0.5) is 4.39 Å². The fourth-order valence-corrected chi connectivity index (χ4v) is 6.99. The molecule has 6 heteroatoms. The van der Waals surface area contributed by atoms with Crippen LogP contribution in [0.25, 0.3) is 0 Å². The van der Waals surface area contributed by atoms with Crippen LogP contribution in [0, 0.1) is 30.0 Å². The van der Waals surface area contributed by atoms with Gasteiger partial charge in [-0.05, 0) is 99.8 Å². The average molecular weight is 538 g/mol. The lowest BCUT2D eigenvalue weighted by molar-refractivity contribution is -0.105. The van der Waals surface area contributed by atoms with E-state index in [1.165, 1.54) is 6.07 Å². The van der Waals surface area contributed by atoms with Crippen molar-refractivity contribution in [3.05, 3.63) is 65.0 Å². The van der Waals surface area contributed by atoms with Gasteiger partial charge in [-0.25, -0.2) is 14.4 Å². The molecule has 2 aromatic carbocycles. The molecule has 0 aromatic heterocycles. The highest BCUT2D eigenvalue weighted by molar-refractivity contribution is 5.99. The van der Waals surface area contributed by atoms with Gasteiger partial charge in [-0.2, -0.15) is 0 Å². The number of nitrogens with zero attached hydrogens (tertiary/aromatic N) is 3. The summed E-state index contributed by atoms with van der Waals surface area (Å²) in [6, 6.07) is 12.5. The number of phenolic OH excluding ortho intramolecular Hbond substituents is 1. The Labute approximate surface area is 235 Å². The van der Waals surface area contributed by atoms with E-state index < -0.39 is 0 Å². The zero-order valence-corrected chi connectivity index (χ0v) is 24.8. The maximum absolute atomic E-state index is 14.9. The summed E-state index contributed by atoms with van der Waals surface area (Å²) in [6.45, 7) is 12.3. The van der Waals surface area contributed by atoms with Gasteiger partial charge >= 0.3 is 0 Å². The molecule has 0 saturated carbocycles. The van der Waals surface area contributed by atoms with E-state index in [0.29, 0.717) is 23.7 Å². The molecule has 0 spiro atoms. The maximum Gasteiger partial charge on any atom is 0.168 e. The molecule has 39 heavy (non-hydrogen) atoms. The van der Waals surface area contributed by atoms with Crippen molar-refractivity contribution in [3.8, 4) is 5.75 Å². The Hall–Kier alpha value is -2.28. The first kappa shape index (κ1) is 29.7. The number of unbranched alkanes of at least 4 members (excludes halogenated alkanes) is 1. The largest absolute Gasteiger partial charge is 0.508 e. The van der Waals surface area contributed by atoms with Gasteiger partial charge in [-0.1, -0.05) is 51.5 Å². The van der Waals surface area contributed by atoms with Gasteiger partial charge in [0, 0.05) is 37.2 Å². The summed E-state index contributed by atoms with van der Waals surface area (Å²) in [5.74, 6) is -0.275. The van der Waals surface area contributed by atoms with Crippen LogP contribution in [-0.2, 0) is 0 Å². The van der Waals surface area contributed by atoms with E-state index in [0.717, 1.165) is 57.3 Å². The van der Waals surface area contributed by atoms with Crippen LogP contribution in [0.1, 0.15) is 80.3 Å². The summed E-state index contributed by atoms with van der Waals surface area (Å²) in [6.07, 6.45) is 5.46. The molecule has 4 atom stereocenters. The van der Waals surface area contributed by atoms with Crippen molar-refractivity contribution < 1.29 is 14.3 Å². The van der Waals surface area contributed by atoms with Gasteiger partial charge in [0.2, 0.25) is 0 Å². The first-order chi connectivity index (χ1) is 18.5. The fourth-order valence-electron chi connectivity index (χ4n) is 6.99. The molecule has 2 fully saturated rings. The number of aromatic hydroxyl groups is 1. The number of ketones is 1. The smallest absolute Gasteiger partial charge is 0.168 e. The second-order valence-corrected chi connectivity index (χ2v) is 13.1. The lowest BCUT2D eigenvalue weighted by atomic mass is 9.68. The van der Waals surface area contributed by atoms with Crippen molar-refractivity contribution in [2.24, 2.45) is 17.3 Å². The Bertz CT molecular complexity index is 1130. The third kappa shape index (κ3) is 6.90. The third-order valence-corrected chi connectivity index (χ3v) is 8.95. The number of hydrogen-bond donors (Lipinski definition) is 1. The van der Waals surface area contributed by atoms with E-state index in [9.17, 15) is 14.3 Å². The van der Waals surface area contributed by atoms with Crippen molar-refractivity contribution in [2.75, 3.05) is 40.3 Å². The zero-order chi connectivity index (χ0) is 28.3.